The Balaban J connectivity index is 1.52. The fraction of sp³-hybridized carbons (Fsp3) is 0.692. The van der Waals surface area contributed by atoms with Gasteiger partial charge >= 0.3 is 6.09 Å². The maximum atomic E-state index is 12.8. The molecule has 1 aromatic carbocycles. The molecule has 1 aromatic rings. The fourth-order valence-corrected chi connectivity index (χ4v) is 5.87. The minimum Gasteiger partial charge on any atom is -0.493 e. The summed E-state index contributed by atoms with van der Waals surface area (Å²) in [6.07, 6.45) is 2.65. The Labute approximate surface area is 202 Å². The van der Waals surface area contributed by atoms with Crippen LogP contribution in [0, 0.1) is 17.8 Å². The Kier molecular flexibility index (Phi) is 7.55. The summed E-state index contributed by atoms with van der Waals surface area (Å²) in [5.74, 6) is 2.71. The minimum absolute atomic E-state index is 0.127. The molecule has 0 saturated carbocycles. The van der Waals surface area contributed by atoms with Crippen molar-refractivity contribution in [2.45, 2.75) is 52.1 Å². The predicted molar refractivity (Wildman–Crippen MR) is 129 cm³/mol. The highest BCUT2D eigenvalue weighted by atomic mass is 16.6. The third-order valence-corrected chi connectivity index (χ3v) is 7.70. The van der Waals surface area contributed by atoms with Crippen LogP contribution in [0.4, 0.5) is 4.79 Å². The molecule has 0 aromatic heterocycles. The predicted octanol–water partition coefficient (Wildman–Crippen LogP) is 3.24. The van der Waals surface area contributed by atoms with Crippen molar-refractivity contribution in [2.75, 3.05) is 47.0 Å². The number of methoxy groups -OCH3 is 2. The maximum absolute atomic E-state index is 12.8. The van der Waals surface area contributed by atoms with Gasteiger partial charge in [0.15, 0.2) is 11.5 Å². The number of nitrogens with one attached hydrogen (secondary N) is 1. The molecule has 188 valence electrons. The molecule has 8 heteroatoms. The van der Waals surface area contributed by atoms with E-state index in [1.54, 1.807) is 26.0 Å². The molecule has 1 N–H and O–H groups in total. The van der Waals surface area contributed by atoms with Gasteiger partial charge in [-0.25, -0.2) is 4.79 Å². The number of piperidine rings is 1. The lowest BCUT2D eigenvalue weighted by Gasteiger charge is -2.47. The van der Waals surface area contributed by atoms with Gasteiger partial charge in [0.1, 0.15) is 6.04 Å². The second kappa shape index (κ2) is 10.4. The molecular formula is C26H39N3O5. The van der Waals surface area contributed by atoms with Crippen molar-refractivity contribution in [2.24, 2.45) is 17.8 Å². The monoisotopic (exact) mass is 473 g/mol. The van der Waals surface area contributed by atoms with E-state index < -0.39 is 6.04 Å². The number of hydrogen-bond acceptors (Lipinski definition) is 6. The van der Waals surface area contributed by atoms with Crippen LogP contribution in [0.1, 0.15) is 50.8 Å². The van der Waals surface area contributed by atoms with Gasteiger partial charge in [0, 0.05) is 32.2 Å². The van der Waals surface area contributed by atoms with Crippen LogP contribution in [0.2, 0.25) is 0 Å². The summed E-state index contributed by atoms with van der Waals surface area (Å²) in [4.78, 5) is 29.0. The average Bonchev–Trinajstić information content (AvgIpc) is 2.82. The molecule has 4 unspecified atom stereocenters. The second-order valence-corrected chi connectivity index (χ2v) is 10.3. The molecule has 2 saturated heterocycles. The van der Waals surface area contributed by atoms with Crippen LogP contribution in [0.3, 0.4) is 0 Å². The van der Waals surface area contributed by atoms with Gasteiger partial charge in [0.25, 0.3) is 0 Å². The molecule has 3 aliphatic heterocycles. The lowest BCUT2D eigenvalue weighted by atomic mass is 9.74. The maximum Gasteiger partial charge on any atom is 0.410 e. The number of amides is 2. The van der Waals surface area contributed by atoms with Crippen molar-refractivity contribution in [3.05, 3.63) is 23.3 Å². The van der Waals surface area contributed by atoms with Gasteiger partial charge < -0.3 is 19.5 Å². The zero-order chi connectivity index (χ0) is 24.4. The zero-order valence-corrected chi connectivity index (χ0v) is 21.1. The number of ether oxygens (including phenoxy) is 3. The van der Waals surface area contributed by atoms with E-state index in [4.69, 9.17) is 14.2 Å². The first-order valence-electron chi connectivity index (χ1n) is 12.5. The van der Waals surface area contributed by atoms with Crippen molar-refractivity contribution in [1.29, 1.82) is 0 Å². The van der Waals surface area contributed by atoms with Crippen molar-refractivity contribution < 1.29 is 23.8 Å². The molecule has 0 spiro atoms. The molecule has 2 amide bonds. The quantitative estimate of drug-likeness (QED) is 0.683. The Hall–Kier alpha value is -2.48. The summed E-state index contributed by atoms with van der Waals surface area (Å²) in [6, 6.07) is 4.02. The smallest absolute Gasteiger partial charge is 0.410 e. The molecule has 4 rings (SSSR count). The van der Waals surface area contributed by atoms with Crippen LogP contribution in [0.5, 0.6) is 11.5 Å². The lowest BCUT2D eigenvalue weighted by Crippen LogP contribution is -2.56. The summed E-state index contributed by atoms with van der Waals surface area (Å²) in [6.45, 7) is 9.62. The van der Waals surface area contributed by atoms with Crippen molar-refractivity contribution in [3.8, 4) is 11.5 Å². The second-order valence-electron chi connectivity index (χ2n) is 10.3. The van der Waals surface area contributed by atoms with Crippen LogP contribution in [-0.2, 0) is 16.0 Å². The number of benzene rings is 1. The first-order valence-corrected chi connectivity index (χ1v) is 12.5. The Morgan fingerprint density at radius 2 is 1.88 bits per heavy atom. The number of rotatable bonds is 6. The van der Waals surface area contributed by atoms with Crippen LogP contribution in [0.15, 0.2) is 12.1 Å². The van der Waals surface area contributed by atoms with Crippen molar-refractivity contribution >= 4 is 12.0 Å². The summed E-state index contributed by atoms with van der Waals surface area (Å²) in [5.41, 5.74) is 2.61. The van der Waals surface area contributed by atoms with E-state index in [1.807, 2.05) is 0 Å². The average molecular weight is 474 g/mol. The number of hydrogen-bond donors (Lipinski definition) is 1. The Bertz CT molecular complexity index is 905. The van der Waals surface area contributed by atoms with E-state index in [0.717, 1.165) is 43.9 Å². The zero-order valence-electron chi connectivity index (χ0n) is 21.1. The number of nitrogens with zero attached hydrogens (tertiary/aromatic N) is 2. The van der Waals surface area contributed by atoms with Gasteiger partial charge in [-0.15, -0.1) is 0 Å². The molecule has 8 nitrogen and oxygen atoms in total. The number of piperazine rings is 1. The van der Waals surface area contributed by atoms with Gasteiger partial charge in [0.05, 0.1) is 20.8 Å². The van der Waals surface area contributed by atoms with Crippen LogP contribution >= 0.6 is 0 Å². The van der Waals surface area contributed by atoms with Crippen molar-refractivity contribution in [3.63, 3.8) is 0 Å². The first-order chi connectivity index (χ1) is 16.3. The first kappa shape index (κ1) is 24.6. The third kappa shape index (κ3) is 4.97. The van der Waals surface area contributed by atoms with Crippen LogP contribution in [-0.4, -0.2) is 74.8 Å². The van der Waals surface area contributed by atoms with Gasteiger partial charge in [-0.3, -0.25) is 14.6 Å². The summed E-state index contributed by atoms with van der Waals surface area (Å²) in [5, 5.41) is 2.80. The molecule has 0 aliphatic carbocycles. The normalized spacial score (nSPS) is 27.0. The topological polar surface area (TPSA) is 80.3 Å². The largest absolute Gasteiger partial charge is 0.493 e. The molecule has 3 heterocycles. The summed E-state index contributed by atoms with van der Waals surface area (Å²) >= 11 is 0. The molecule has 0 radical (unpaired) electrons. The van der Waals surface area contributed by atoms with Gasteiger partial charge in [0.2, 0.25) is 5.91 Å². The Morgan fingerprint density at radius 3 is 2.59 bits per heavy atom. The highest BCUT2D eigenvalue weighted by molar-refractivity contribution is 5.86. The fourth-order valence-electron chi connectivity index (χ4n) is 5.87. The van der Waals surface area contributed by atoms with E-state index in [9.17, 15) is 9.59 Å². The number of fused-ring (bicyclic) bond motifs is 3. The molecule has 2 fully saturated rings. The standard InChI is InChI=1S/C26H39N3O5/c1-16(2)10-19-14-28-8-6-18-12-23(32-4)24(33-5)13-21(18)22(28)11-20(19)15-34-26(31)29-9-7-27-25(30)17(29)3/h12-13,16-17,19-20,22H,6-11,14-15H2,1-5H3,(H,27,30). The third-order valence-electron chi connectivity index (χ3n) is 7.70. The number of carbonyl (C=O) groups is 2. The van der Waals surface area contributed by atoms with E-state index in [1.165, 1.54) is 11.1 Å². The summed E-state index contributed by atoms with van der Waals surface area (Å²) in [7, 11) is 3.35. The highest BCUT2D eigenvalue weighted by Crippen LogP contribution is 2.45. The molecule has 4 atom stereocenters. The molecule has 34 heavy (non-hydrogen) atoms. The Morgan fingerprint density at radius 1 is 1.15 bits per heavy atom. The highest BCUT2D eigenvalue weighted by Gasteiger charge is 2.40. The number of carbonyl (C=O) groups excluding carboxylic acids is 2. The summed E-state index contributed by atoms with van der Waals surface area (Å²) < 4.78 is 17.0. The van der Waals surface area contributed by atoms with E-state index >= 15 is 0 Å². The van der Waals surface area contributed by atoms with E-state index in [0.29, 0.717) is 31.5 Å². The van der Waals surface area contributed by atoms with Crippen molar-refractivity contribution in [1.82, 2.24) is 15.1 Å². The van der Waals surface area contributed by atoms with Crippen LogP contribution < -0.4 is 14.8 Å². The minimum atomic E-state index is -0.498. The van der Waals surface area contributed by atoms with Gasteiger partial charge in [-0.2, -0.15) is 0 Å². The molecule has 0 bridgehead atoms. The van der Waals surface area contributed by atoms with E-state index in [2.05, 4.69) is 36.2 Å². The SMILES string of the molecule is COc1cc2c(cc1OC)C1CC(COC(=O)N3CCNC(=O)C3C)C(CC(C)C)CN1CC2. The molecular weight excluding hydrogens is 434 g/mol. The van der Waals surface area contributed by atoms with Crippen LogP contribution in [0.25, 0.3) is 0 Å². The molecule has 3 aliphatic rings. The van der Waals surface area contributed by atoms with E-state index in [-0.39, 0.29) is 24.0 Å². The lowest BCUT2D eigenvalue weighted by molar-refractivity contribution is -0.127. The van der Waals surface area contributed by atoms with Gasteiger partial charge in [-0.05, 0) is 67.2 Å². The van der Waals surface area contributed by atoms with Gasteiger partial charge in [-0.1, -0.05) is 13.8 Å².